The number of hydrogen-bond acceptors (Lipinski definition) is 2. The van der Waals surface area contributed by atoms with Crippen LogP contribution in [-0.4, -0.2) is 25.8 Å². The second-order valence-electron chi connectivity index (χ2n) is 3.51. The van der Waals surface area contributed by atoms with Gasteiger partial charge in [0.1, 0.15) is 5.75 Å². The highest BCUT2D eigenvalue weighted by Gasteiger charge is 2.28. The third-order valence-electron chi connectivity index (χ3n) is 2.02. The number of guanidine groups is 1. The van der Waals surface area contributed by atoms with Gasteiger partial charge in [0, 0.05) is 13.6 Å². The second kappa shape index (κ2) is 8.08. The van der Waals surface area contributed by atoms with E-state index < -0.39 is 12.8 Å². The summed E-state index contributed by atoms with van der Waals surface area (Å²) in [6, 6.07) is 6.34. The van der Waals surface area contributed by atoms with Crippen LogP contribution in [0.25, 0.3) is 0 Å². The molecule has 1 aromatic carbocycles. The Bertz CT molecular complexity index is 424. The van der Waals surface area contributed by atoms with Crippen molar-refractivity contribution in [2.75, 3.05) is 13.7 Å². The summed E-state index contributed by atoms with van der Waals surface area (Å²) in [5.74, 6) is 0.426. The van der Waals surface area contributed by atoms with E-state index in [1.807, 2.05) is 0 Å². The summed E-state index contributed by atoms with van der Waals surface area (Å²) in [7, 11) is 1.53. The first-order valence-corrected chi connectivity index (χ1v) is 5.15. The van der Waals surface area contributed by atoms with Crippen LogP contribution in [0.3, 0.4) is 0 Å². The summed E-state index contributed by atoms with van der Waals surface area (Å²) in [6.07, 6.45) is -4.34. The van der Waals surface area contributed by atoms with Gasteiger partial charge < -0.3 is 15.8 Å². The molecular weight excluding hydrogens is 374 g/mol. The highest BCUT2D eigenvalue weighted by molar-refractivity contribution is 14.0. The molecule has 108 valence electrons. The van der Waals surface area contributed by atoms with Gasteiger partial charge in [-0.1, -0.05) is 12.1 Å². The first-order valence-electron chi connectivity index (χ1n) is 5.15. The minimum Gasteiger partial charge on any atom is -0.484 e. The number of halogens is 4. The molecule has 1 rings (SSSR count). The van der Waals surface area contributed by atoms with Crippen LogP contribution in [0.4, 0.5) is 13.2 Å². The Hall–Kier alpha value is -1.19. The maximum Gasteiger partial charge on any atom is 0.422 e. The van der Waals surface area contributed by atoms with Gasteiger partial charge in [0.05, 0.1) is 0 Å². The van der Waals surface area contributed by atoms with Gasteiger partial charge in [-0.05, 0) is 17.7 Å². The molecule has 0 aromatic heterocycles. The van der Waals surface area contributed by atoms with Crippen molar-refractivity contribution in [3.8, 4) is 5.75 Å². The maximum absolute atomic E-state index is 12.0. The molecule has 0 amide bonds. The average molecular weight is 389 g/mol. The third-order valence-corrected chi connectivity index (χ3v) is 2.02. The second-order valence-corrected chi connectivity index (χ2v) is 3.51. The van der Waals surface area contributed by atoms with Crippen LogP contribution in [0.5, 0.6) is 5.75 Å². The van der Waals surface area contributed by atoms with E-state index in [4.69, 9.17) is 5.73 Å². The zero-order valence-electron chi connectivity index (χ0n) is 10.2. The van der Waals surface area contributed by atoms with Crippen LogP contribution in [-0.2, 0) is 6.54 Å². The smallest absolute Gasteiger partial charge is 0.422 e. The Morgan fingerprint density at radius 2 is 2.11 bits per heavy atom. The number of hydrogen-bond donors (Lipinski definition) is 2. The van der Waals surface area contributed by atoms with E-state index in [9.17, 15) is 13.2 Å². The Morgan fingerprint density at radius 1 is 1.42 bits per heavy atom. The van der Waals surface area contributed by atoms with E-state index in [1.54, 1.807) is 12.1 Å². The van der Waals surface area contributed by atoms with Crippen LogP contribution >= 0.6 is 24.0 Å². The molecule has 0 spiro atoms. The Kier molecular flexibility index (Phi) is 7.57. The van der Waals surface area contributed by atoms with Crippen molar-refractivity contribution in [1.29, 1.82) is 0 Å². The zero-order valence-corrected chi connectivity index (χ0v) is 12.5. The largest absolute Gasteiger partial charge is 0.484 e. The van der Waals surface area contributed by atoms with Crippen LogP contribution in [0, 0.1) is 0 Å². The number of nitrogens with two attached hydrogens (primary N) is 1. The van der Waals surface area contributed by atoms with Crippen molar-refractivity contribution < 1.29 is 17.9 Å². The Labute approximate surface area is 126 Å². The summed E-state index contributed by atoms with van der Waals surface area (Å²) < 4.78 is 40.5. The van der Waals surface area contributed by atoms with E-state index in [0.717, 1.165) is 5.56 Å². The summed E-state index contributed by atoms with van der Waals surface area (Å²) in [6.45, 7) is -0.936. The molecule has 0 aliphatic rings. The monoisotopic (exact) mass is 389 g/mol. The fourth-order valence-corrected chi connectivity index (χ4v) is 1.18. The van der Waals surface area contributed by atoms with Gasteiger partial charge in [0.15, 0.2) is 12.6 Å². The van der Waals surface area contributed by atoms with E-state index in [2.05, 4.69) is 15.0 Å². The summed E-state index contributed by atoms with van der Waals surface area (Å²) >= 11 is 0. The van der Waals surface area contributed by atoms with Gasteiger partial charge in [-0.15, -0.1) is 24.0 Å². The molecule has 0 aliphatic carbocycles. The first kappa shape index (κ1) is 17.8. The van der Waals surface area contributed by atoms with Crippen molar-refractivity contribution in [3.63, 3.8) is 0 Å². The quantitative estimate of drug-likeness (QED) is 0.472. The van der Waals surface area contributed by atoms with Crippen LogP contribution < -0.4 is 15.8 Å². The number of benzene rings is 1. The van der Waals surface area contributed by atoms with Gasteiger partial charge in [0.25, 0.3) is 0 Å². The number of nitrogens with one attached hydrogen (secondary N) is 1. The molecule has 0 radical (unpaired) electrons. The van der Waals surface area contributed by atoms with E-state index in [1.165, 1.54) is 19.2 Å². The highest BCUT2D eigenvalue weighted by atomic mass is 127. The molecule has 0 saturated carbocycles. The van der Waals surface area contributed by atoms with Crippen LogP contribution in [0.1, 0.15) is 5.56 Å². The lowest BCUT2D eigenvalue weighted by Crippen LogP contribution is -2.30. The number of rotatable bonds is 4. The first-order chi connectivity index (χ1) is 8.40. The molecule has 8 heteroatoms. The molecule has 19 heavy (non-hydrogen) atoms. The lowest BCUT2D eigenvalue weighted by molar-refractivity contribution is -0.153. The molecule has 3 N–H and O–H groups in total. The van der Waals surface area contributed by atoms with Crippen molar-refractivity contribution in [1.82, 2.24) is 5.32 Å². The van der Waals surface area contributed by atoms with Gasteiger partial charge in [-0.3, -0.25) is 4.99 Å². The standard InChI is InChI=1S/C11H14F3N3O.HI/c1-16-10(15)17-6-8-3-2-4-9(5-8)18-7-11(12,13)14;/h2-5H,6-7H2,1H3,(H3,15,16,17);1H. The lowest BCUT2D eigenvalue weighted by Gasteiger charge is -2.10. The lowest BCUT2D eigenvalue weighted by atomic mass is 10.2. The molecule has 0 aliphatic heterocycles. The van der Waals surface area contributed by atoms with Gasteiger partial charge in [0.2, 0.25) is 0 Å². The third kappa shape index (κ3) is 7.75. The Morgan fingerprint density at radius 3 is 2.68 bits per heavy atom. The van der Waals surface area contributed by atoms with Crippen molar-refractivity contribution in [2.45, 2.75) is 12.7 Å². The van der Waals surface area contributed by atoms with Gasteiger partial charge >= 0.3 is 6.18 Å². The fourth-order valence-electron chi connectivity index (χ4n) is 1.18. The molecule has 0 fully saturated rings. The normalized spacial score (nSPS) is 11.7. The summed E-state index contributed by atoms with van der Waals surface area (Å²) in [5.41, 5.74) is 6.18. The van der Waals surface area contributed by atoms with Crippen LogP contribution in [0.15, 0.2) is 29.3 Å². The SMILES string of the molecule is CN=C(N)NCc1cccc(OCC(F)(F)F)c1.I. The molecule has 0 atom stereocenters. The predicted molar refractivity (Wildman–Crippen MR) is 77.8 cm³/mol. The summed E-state index contributed by atoms with van der Waals surface area (Å²) in [4.78, 5) is 3.70. The van der Waals surface area contributed by atoms with Crippen molar-refractivity contribution in [2.24, 2.45) is 10.7 Å². The molecule has 0 saturated heterocycles. The summed E-state index contributed by atoms with van der Waals surface area (Å²) in [5, 5.41) is 2.80. The molecule has 0 unspecified atom stereocenters. The number of ether oxygens (including phenoxy) is 1. The van der Waals surface area contributed by atoms with Gasteiger partial charge in [-0.2, -0.15) is 13.2 Å². The van der Waals surface area contributed by atoms with Crippen LogP contribution in [0.2, 0.25) is 0 Å². The number of nitrogens with zero attached hydrogens (tertiary/aromatic N) is 1. The van der Waals surface area contributed by atoms with E-state index in [0.29, 0.717) is 6.54 Å². The zero-order chi connectivity index (χ0) is 13.6. The maximum atomic E-state index is 12.0. The average Bonchev–Trinajstić information content (AvgIpc) is 2.33. The molecular formula is C11H15F3IN3O. The van der Waals surface area contributed by atoms with Crippen molar-refractivity contribution in [3.05, 3.63) is 29.8 Å². The molecule has 4 nitrogen and oxygen atoms in total. The molecule has 0 bridgehead atoms. The fraction of sp³-hybridized carbons (Fsp3) is 0.364. The predicted octanol–water partition coefficient (Wildman–Crippen LogP) is 2.28. The number of aliphatic imine (C=N–C) groups is 1. The van der Waals surface area contributed by atoms with Gasteiger partial charge in [-0.25, -0.2) is 0 Å². The minimum atomic E-state index is -4.34. The minimum absolute atomic E-state index is 0. The van der Waals surface area contributed by atoms with Crippen molar-refractivity contribution >= 4 is 29.9 Å². The molecule has 0 heterocycles. The Balaban J connectivity index is 0.00000324. The number of alkyl halides is 3. The van der Waals surface area contributed by atoms with E-state index >= 15 is 0 Å². The van der Waals surface area contributed by atoms with E-state index in [-0.39, 0.29) is 35.7 Å². The highest BCUT2D eigenvalue weighted by Crippen LogP contribution is 2.19. The topological polar surface area (TPSA) is 59.6 Å². The molecule has 1 aromatic rings.